The van der Waals surface area contributed by atoms with E-state index in [0.717, 1.165) is 18.4 Å². The Kier molecular flexibility index (Phi) is 1.19. The molecule has 2 heteroatoms. The Morgan fingerprint density at radius 1 is 1.50 bits per heavy atom. The standard InChI is InChI=1S/C8H8FN/c9-8-5-10-4-3-7(8)6-1-2-6/h3-6H,1-2H2. The van der Waals surface area contributed by atoms with E-state index >= 15 is 0 Å². The zero-order chi connectivity index (χ0) is 6.97. The fourth-order valence-electron chi connectivity index (χ4n) is 1.11. The van der Waals surface area contributed by atoms with E-state index in [1.54, 1.807) is 12.3 Å². The van der Waals surface area contributed by atoms with Gasteiger partial charge in [0.05, 0.1) is 6.20 Å². The van der Waals surface area contributed by atoms with E-state index in [0.29, 0.717) is 5.92 Å². The van der Waals surface area contributed by atoms with Gasteiger partial charge in [0, 0.05) is 6.20 Å². The highest BCUT2D eigenvalue weighted by atomic mass is 19.1. The highest BCUT2D eigenvalue weighted by molar-refractivity contribution is 5.22. The van der Waals surface area contributed by atoms with Gasteiger partial charge in [-0.05, 0) is 30.4 Å². The van der Waals surface area contributed by atoms with Crippen molar-refractivity contribution in [2.24, 2.45) is 0 Å². The van der Waals surface area contributed by atoms with Crippen LogP contribution in [0.15, 0.2) is 18.5 Å². The number of aromatic nitrogens is 1. The smallest absolute Gasteiger partial charge is 0.144 e. The molecule has 52 valence electrons. The van der Waals surface area contributed by atoms with E-state index in [4.69, 9.17) is 0 Å². The number of rotatable bonds is 1. The Labute approximate surface area is 58.9 Å². The van der Waals surface area contributed by atoms with Crippen LogP contribution in [0.1, 0.15) is 24.3 Å². The van der Waals surface area contributed by atoms with Gasteiger partial charge in [0.2, 0.25) is 0 Å². The Morgan fingerprint density at radius 2 is 2.30 bits per heavy atom. The number of hydrogen-bond acceptors (Lipinski definition) is 1. The molecule has 0 N–H and O–H groups in total. The van der Waals surface area contributed by atoms with Crippen LogP contribution in [-0.4, -0.2) is 4.98 Å². The second kappa shape index (κ2) is 2.04. The molecule has 1 aromatic rings. The van der Waals surface area contributed by atoms with Crippen LogP contribution in [0, 0.1) is 5.82 Å². The number of nitrogens with zero attached hydrogens (tertiary/aromatic N) is 1. The third-order valence-corrected chi connectivity index (χ3v) is 1.82. The van der Waals surface area contributed by atoms with Gasteiger partial charge in [-0.15, -0.1) is 0 Å². The molecule has 0 radical (unpaired) electrons. The average molecular weight is 137 g/mol. The maximum Gasteiger partial charge on any atom is 0.144 e. The van der Waals surface area contributed by atoms with Crippen molar-refractivity contribution >= 4 is 0 Å². The van der Waals surface area contributed by atoms with Gasteiger partial charge in [-0.3, -0.25) is 4.98 Å². The van der Waals surface area contributed by atoms with Gasteiger partial charge in [-0.1, -0.05) is 0 Å². The average Bonchev–Trinajstić information content (AvgIpc) is 2.71. The monoisotopic (exact) mass is 137 g/mol. The Bertz CT molecular complexity index is 243. The van der Waals surface area contributed by atoms with Crippen molar-refractivity contribution in [1.82, 2.24) is 4.98 Å². The molecular formula is C8H8FN. The summed E-state index contributed by atoms with van der Waals surface area (Å²) in [7, 11) is 0. The molecule has 1 nitrogen and oxygen atoms in total. The Morgan fingerprint density at radius 3 is 2.90 bits per heavy atom. The van der Waals surface area contributed by atoms with Gasteiger partial charge in [0.25, 0.3) is 0 Å². The second-order valence-corrected chi connectivity index (χ2v) is 2.67. The van der Waals surface area contributed by atoms with Crippen LogP contribution in [0.25, 0.3) is 0 Å². The summed E-state index contributed by atoms with van der Waals surface area (Å²) in [6, 6.07) is 1.77. The summed E-state index contributed by atoms with van der Waals surface area (Å²) in [5.41, 5.74) is 0.843. The molecule has 0 aliphatic heterocycles. The maximum absolute atomic E-state index is 12.8. The zero-order valence-electron chi connectivity index (χ0n) is 5.55. The van der Waals surface area contributed by atoms with E-state index in [1.807, 2.05) is 0 Å². The first-order valence-corrected chi connectivity index (χ1v) is 3.47. The van der Waals surface area contributed by atoms with E-state index in [-0.39, 0.29) is 5.82 Å². The zero-order valence-corrected chi connectivity index (χ0v) is 5.55. The van der Waals surface area contributed by atoms with Crippen LogP contribution in [-0.2, 0) is 0 Å². The molecule has 10 heavy (non-hydrogen) atoms. The molecule has 0 spiro atoms. The Balaban J connectivity index is 2.39. The number of pyridine rings is 1. The molecule has 0 amide bonds. The summed E-state index contributed by atoms with van der Waals surface area (Å²) in [6.07, 6.45) is 5.21. The topological polar surface area (TPSA) is 12.9 Å². The molecule has 1 heterocycles. The molecule has 1 aliphatic rings. The molecule has 1 fully saturated rings. The molecule has 0 aromatic carbocycles. The summed E-state index contributed by atoms with van der Waals surface area (Å²) in [5.74, 6) is 0.341. The van der Waals surface area contributed by atoms with Gasteiger partial charge in [-0.25, -0.2) is 4.39 Å². The summed E-state index contributed by atoms with van der Waals surface area (Å²) in [6.45, 7) is 0. The molecule has 2 rings (SSSR count). The highest BCUT2D eigenvalue weighted by Gasteiger charge is 2.25. The summed E-state index contributed by atoms with van der Waals surface area (Å²) >= 11 is 0. The van der Waals surface area contributed by atoms with E-state index in [1.165, 1.54) is 6.20 Å². The minimum absolute atomic E-state index is 0.148. The summed E-state index contributed by atoms with van der Waals surface area (Å²) in [4.78, 5) is 3.68. The quantitative estimate of drug-likeness (QED) is 0.577. The highest BCUT2D eigenvalue weighted by Crippen LogP contribution is 2.40. The Hall–Kier alpha value is -0.920. The maximum atomic E-state index is 12.8. The fraction of sp³-hybridized carbons (Fsp3) is 0.375. The van der Waals surface area contributed by atoms with Crippen LogP contribution < -0.4 is 0 Å². The van der Waals surface area contributed by atoms with Crippen molar-refractivity contribution in [2.45, 2.75) is 18.8 Å². The van der Waals surface area contributed by atoms with Crippen LogP contribution in [0.3, 0.4) is 0 Å². The molecule has 0 bridgehead atoms. The molecule has 0 atom stereocenters. The minimum Gasteiger partial charge on any atom is -0.262 e. The lowest BCUT2D eigenvalue weighted by Crippen LogP contribution is -1.86. The SMILES string of the molecule is Fc1cnccc1C1CC1. The lowest BCUT2D eigenvalue weighted by molar-refractivity contribution is 0.604. The van der Waals surface area contributed by atoms with Crippen LogP contribution in [0.2, 0.25) is 0 Å². The van der Waals surface area contributed by atoms with Crippen molar-refractivity contribution in [3.63, 3.8) is 0 Å². The van der Waals surface area contributed by atoms with Gasteiger partial charge < -0.3 is 0 Å². The minimum atomic E-state index is -0.148. The van der Waals surface area contributed by atoms with Crippen molar-refractivity contribution in [2.75, 3.05) is 0 Å². The first-order valence-electron chi connectivity index (χ1n) is 3.47. The first-order chi connectivity index (χ1) is 4.88. The van der Waals surface area contributed by atoms with E-state index in [9.17, 15) is 4.39 Å². The van der Waals surface area contributed by atoms with Gasteiger partial charge >= 0.3 is 0 Å². The molecule has 0 saturated heterocycles. The van der Waals surface area contributed by atoms with Crippen molar-refractivity contribution < 1.29 is 4.39 Å². The van der Waals surface area contributed by atoms with Crippen molar-refractivity contribution in [1.29, 1.82) is 0 Å². The lowest BCUT2D eigenvalue weighted by Gasteiger charge is -1.96. The molecular weight excluding hydrogens is 129 g/mol. The summed E-state index contributed by atoms with van der Waals surface area (Å²) < 4.78 is 12.8. The second-order valence-electron chi connectivity index (χ2n) is 2.67. The number of halogens is 1. The van der Waals surface area contributed by atoms with E-state index < -0.39 is 0 Å². The first kappa shape index (κ1) is 5.83. The van der Waals surface area contributed by atoms with Crippen LogP contribution in [0.4, 0.5) is 4.39 Å². The number of hydrogen-bond donors (Lipinski definition) is 0. The van der Waals surface area contributed by atoms with Gasteiger partial charge in [-0.2, -0.15) is 0 Å². The fourth-order valence-corrected chi connectivity index (χ4v) is 1.11. The van der Waals surface area contributed by atoms with Gasteiger partial charge in [0.1, 0.15) is 5.82 Å². The predicted octanol–water partition coefficient (Wildman–Crippen LogP) is 2.10. The third-order valence-electron chi connectivity index (χ3n) is 1.82. The van der Waals surface area contributed by atoms with E-state index in [2.05, 4.69) is 4.98 Å². The van der Waals surface area contributed by atoms with Crippen molar-refractivity contribution in [3.05, 3.63) is 29.8 Å². The third kappa shape index (κ3) is 0.897. The predicted molar refractivity (Wildman–Crippen MR) is 36.2 cm³/mol. The van der Waals surface area contributed by atoms with Gasteiger partial charge in [0.15, 0.2) is 0 Å². The largest absolute Gasteiger partial charge is 0.262 e. The molecule has 1 saturated carbocycles. The van der Waals surface area contributed by atoms with Crippen molar-refractivity contribution in [3.8, 4) is 0 Å². The lowest BCUT2D eigenvalue weighted by atomic mass is 10.2. The summed E-state index contributed by atoms with van der Waals surface area (Å²) in [5, 5.41) is 0. The van der Waals surface area contributed by atoms with Crippen LogP contribution in [0.5, 0.6) is 0 Å². The molecule has 1 aromatic heterocycles. The molecule has 0 unspecified atom stereocenters. The van der Waals surface area contributed by atoms with Crippen LogP contribution >= 0.6 is 0 Å². The normalized spacial score (nSPS) is 17.3. The molecule has 1 aliphatic carbocycles.